The number of hydrazone groups is 1. The molecule has 8 N–H and O–H groups in total. The maximum Gasteiger partial charge on any atom is 0.227 e. The molecule has 0 aromatic heterocycles. The molecule has 0 atom stereocenters. The fourth-order valence-corrected chi connectivity index (χ4v) is 0.743. The summed E-state index contributed by atoms with van der Waals surface area (Å²) in [5.41, 5.74) is 19.3. The Morgan fingerprint density at radius 2 is 2.06 bits per heavy atom. The predicted octanol–water partition coefficient (Wildman–Crippen LogP) is -1.17. The van der Waals surface area contributed by atoms with E-state index in [0.29, 0.717) is 6.54 Å². The monoisotopic (exact) mass is 230 g/mol. The molecule has 0 amide bonds. The van der Waals surface area contributed by atoms with Gasteiger partial charge in [0.2, 0.25) is 11.9 Å². The number of nitrogens with one attached hydrogen (secondary N) is 4. The first-order valence-electron chi connectivity index (χ1n) is 5.20. The van der Waals surface area contributed by atoms with Crippen LogP contribution in [0.3, 0.4) is 0 Å². The molecular formula is C8H22N8. The van der Waals surface area contributed by atoms with E-state index in [4.69, 9.17) is 16.9 Å². The second-order valence-electron chi connectivity index (χ2n) is 3.51. The second kappa shape index (κ2) is 7.71. The third-order valence-electron chi connectivity index (χ3n) is 1.44. The van der Waals surface area contributed by atoms with Crippen LogP contribution in [0.5, 0.6) is 0 Å². The van der Waals surface area contributed by atoms with Gasteiger partial charge in [-0.25, -0.2) is 10.9 Å². The predicted molar refractivity (Wildman–Crippen MR) is 65.1 cm³/mol. The zero-order valence-electron chi connectivity index (χ0n) is 10.0. The molecule has 0 heterocycles. The van der Waals surface area contributed by atoms with E-state index in [0.717, 1.165) is 11.5 Å². The molecule has 0 aliphatic rings. The summed E-state index contributed by atoms with van der Waals surface area (Å²) in [7, 11) is 0. The van der Waals surface area contributed by atoms with Gasteiger partial charge in [-0.05, 0) is 20.3 Å². The molecule has 0 aliphatic carbocycles. The molecular weight excluding hydrogens is 208 g/mol. The van der Waals surface area contributed by atoms with Crippen molar-refractivity contribution in [2.24, 2.45) is 16.6 Å². The smallest absolute Gasteiger partial charge is 0.227 e. The zero-order valence-corrected chi connectivity index (χ0v) is 10.0. The van der Waals surface area contributed by atoms with Crippen LogP contribution in [-0.2, 0) is 0 Å². The van der Waals surface area contributed by atoms with Gasteiger partial charge in [-0.3, -0.25) is 10.8 Å². The summed E-state index contributed by atoms with van der Waals surface area (Å²) < 4.78 is 0. The summed E-state index contributed by atoms with van der Waals surface area (Å²) in [6.45, 7) is 6.57. The molecule has 94 valence electrons. The van der Waals surface area contributed by atoms with Gasteiger partial charge in [0.15, 0.2) is 0 Å². The van der Waals surface area contributed by atoms with Crippen LogP contribution in [0.15, 0.2) is 5.10 Å². The summed E-state index contributed by atoms with van der Waals surface area (Å²) in [4.78, 5) is 0. The lowest BCUT2D eigenvalue weighted by atomic mass is 10.4. The zero-order chi connectivity index (χ0) is 12.6. The van der Waals surface area contributed by atoms with E-state index >= 15 is 0 Å². The quantitative estimate of drug-likeness (QED) is 0.194. The molecule has 0 saturated heterocycles. The van der Waals surface area contributed by atoms with E-state index in [1.807, 2.05) is 20.8 Å². The van der Waals surface area contributed by atoms with Gasteiger partial charge in [0.1, 0.15) is 0 Å². The molecule has 0 fully saturated rings. The van der Waals surface area contributed by atoms with Crippen LogP contribution in [0.25, 0.3) is 0 Å². The molecule has 0 aliphatic heterocycles. The average molecular weight is 230 g/mol. The highest BCUT2D eigenvalue weighted by atomic mass is 15.7. The van der Waals surface area contributed by atoms with Crippen LogP contribution in [-0.4, -0.2) is 29.6 Å². The van der Waals surface area contributed by atoms with Gasteiger partial charge in [0.05, 0.1) is 0 Å². The van der Waals surface area contributed by atoms with Crippen LogP contribution < -0.4 is 27.7 Å². The van der Waals surface area contributed by atoms with Crippen molar-refractivity contribution in [3.05, 3.63) is 0 Å². The van der Waals surface area contributed by atoms with Crippen LogP contribution in [0, 0.1) is 5.41 Å². The van der Waals surface area contributed by atoms with Crippen molar-refractivity contribution in [2.45, 2.75) is 33.2 Å². The van der Waals surface area contributed by atoms with Gasteiger partial charge >= 0.3 is 0 Å². The van der Waals surface area contributed by atoms with E-state index in [-0.39, 0.29) is 18.0 Å². The summed E-state index contributed by atoms with van der Waals surface area (Å²) in [5.74, 6) is -0.0877. The molecule has 0 rings (SSSR count). The molecule has 0 saturated carbocycles. The van der Waals surface area contributed by atoms with Gasteiger partial charge in [-0.15, -0.1) is 5.10 Å². The SMILES string of the molecule is CCCNN(N=C(N)NNC(C)C)C(=N)N. The molecule has 0 aromatic rings. The van der Waals surface area contributed by atoms with Gasteiger partial charge in [-0.2, -0.15) is 5.12 Å². The van der Waals surface area contributed by atoms with Crippen LogP contribution in [0.1, 0.15) is 27.2 Å². The number of nitrogens with two attached hydrogens (primary N) is 2. The molecule has 0 aromatic carbocycles. The Bertz CT molecular complexity index is 236. The van der Waals surface area contributed by atoms with Crippen LogP contribution >= 0.6 is 0 Å². The number of hydrogen-bond acceptors (Lipinski definition) is 4. The lowest BCUT2D eigenvalue weighted by Gasteiger charge is -2.18. The van der Waals surface area contributed by atoms with Gasteiger partial charge < -0.3 is 11.5 Å². The van der Waals surface area contributed by atoms with Crippen molar-refractivity contribution in [1.29, 1.82) is 5.41 Å². The molecule has 0 unspecified atom stereocenters. The maximum absolute atomic E-state index is 7.27. The Morgan fingerprint density at radius 3 is 2.50 bits per heavy atom. The van der Waals surface area contributed by atoms with E-state index in [1.54, 1.807) is 0 Å². The number of nitrogens with zero attached hydrogens (tertiary/aromatic N) is 2. The molecule has 0 bridgehead atoms. The van der Waals surface area contributed by atoms with E-state index in [9.17, 15) is 0 Å². The highest BCUT2D eigenvalue weighted by Gasteiger charge is 2.04. The third-order valence-corrected chi connectivity index (χ3v) is 1.44. The Balaban J connectivity index is 4.22. The normalized spacial score (nSPS) is 11.6. The van der Waals surface area contributed by atoms with Crippen molar-refractivity contribution in [1.82, 2.24) is 21.4 Å². The fourth-order valence-electron chi connectivity index (χ4n) is 0.743. The molecule has 8 heteroatoms. The topological polar surface area (TPSA) is 128 Å². The van der Waals surface area contributed by atoms with Gasteiger partial charge in [-0.1, -0.05) is 6.92 Å². The number of hydrazine groups is 2. The Hall–Kier alpha value is -1.54. The minimum Gasteiger partial charge on any atom is -0.367 e. The lowest BCUT2D eigenvalue weighted by Crippen LogP contribution is -2.50. The van der Waals surface area contributed by atoms with Crippen LogP contribution in [0.2, 0.25) is 0 Å². The van der Waals surface area contributed by atoms with Crippen molar-refractivity contribution >= 4 is 11.9 Å². The lowest BCUT2D eigenvalue weighted by molar-refractivity contribution is 0.313. The Morgan fingerprint density at radius 1 is 1.44 bits per heavy atom. The fraction of sp³-hybridized carbons (Fsp3) is 0.750. The average Bonchev–Trinajstić information content (AvgIpc) is 2.20. The molecule has 16 heavy (non-hydrogen) atoms. The van der Waals surface area contributed by atoms with E-state index in [1.165, 1.54) is 0 Å². The molecule has 8 nitrogen and oxygen atoms in total. The standard InChI is InChI=1S/C8H22N8/c1-4-5-12-16(7(9)10)15-8(11)14-13-6(2)3/h6,12-13H,4-5H2,1-3H3,(H3,9,10)(H3,11,14,15). The number of rotatable bonds is 6. The first-order chi connectivity index (χ1) is 7.47. The van der Waals surface area contributed by atoms with E-state index < -0.39 is 0 Å². The maximum atomic E-state index is 7.27. The first kappa shape index (κ1) is 14.5. The van der Waals surface area contributed by atoms with Crippen LogP contribution in [0.4, 0.5) is 0 Å². The molecule has 0 radical (unpaired) electrons. The summed E-state index contributed by atoms with van der Waals surface area (Å²) in [6.07, 6.45) is 0.900. The second-order valence-corrected chi connectivity index (χ2v) is 3.51. The summed E-state index contributed by atoms with van der Waals surface area (Å²) >= 11 is 0. The minimum atomic E-state index is -0.220. The largest absolute Gasteiger partial charge is 0.367 e. The van der Waals surface area contributed by atoms with E-state index in [2.05, 4.69) is 21.4 Å². The summed E-state index contributed by atoms with van der Waals surface area (Å²) in [6, 6.07) is 0.225. The number of guanidine groups is 2. The van der Waals surface area contributed by atoms with Gasteiger partial charge in [0.25, 0.3) is 0 Å². The van der Waals surface area contributed by atoms with Crippen molar-refractivity contribution in [2.75, 3.05) is 6.54 Å². The third kappa shape index (κ3) is 6.85. The molecule has 0 spiro atoms. The highest BCUT2D eigenvalue weighted by Crippen LogP contribution is 1.83. The minimum absolute atomic E-state index is 0.132. The highest BCUT2D eigenvalue weighted by molar-refractivity contribution is 5.80. The Kier molecular flexibility index (Phi) is 6.97. The van der Waals surface area contributed by atoms with Crippen molar-refractivity contribution in [3.8, 4) is 0 Å². The number of hydrogen-bond donors (Lipinski definition) is 6. The van der Waals surface area contributed by atoms with Crippen molar-refractivity contribution < 1.29 is 0 Å². The summed E-state index contributed by atoms with van der Waals surface area (Å²) in [5, 5.41) is 12.3. The van der Waals surface area contributed by atoms with Crippen molar-refractivity contribution in [3.63, 3.8) is 0 Å². The first-order valence-corrected chi connectivity index (χ1v) is 5.20. The van der Waals surface area contributed by atoms with Gasteiger partial charge in [0, 0.05) is 12.6 Å². The Labute approximate surface area is 95.9 Å².